The quantitative estimate of drug-likeness (QED) is 0.396. The third-order valence-electron chi connectivity index (χ3n) is 5.87. The van der Waals surface area contributed by atoms with E-state index in [0.717, 1.165) is 28.1 Å². The number of benzene rings is 2. The van der Waals surface area contributed by atoms with Crippen LogP contribution in [0.1, 0.15) is 42.1 Å². The van der Waals surface area contributed by atoms with E-state index in [-0.39, 0.29) is 5.91 Å². The van der Waals surface area contributed by atoms with Gasteiger partial charge >= 0.3 is 0 Å². The van der Waals surface area contributed by atoms with Crippen LogP contribution in [0.4, 0.5) is 5.82 Å². The molecule has 33 heavy (non-hydrogen) atoms. The summed E-state index contributed by atoms with van der Waals surface area (Å²) in [4.78, 5) is 24.0. The van der Waals surface area contributed by atoms with Crippen LogP contribution in [0, 0.1) is 6.92 Å². The number of anilines is 1. The number of amides is 1. The zero-order chi connectivity index (χ0) is 23.1. The monoisotopic (exact) mass is 457 g/mol. The van der Waals surface area contributed by atoms with Crippen LogP contribution in [0.25, 0.3) is 17.1 Å². The first kappa shape index (κ1) is 21.3. The summed E-state index contributed by atoms with van der Waals surface area (Å²) in [6.07, 6.45) is 2.11. The van der Waals surface area contributed by atoms with Crippen LogP contribution in [-0.2, 0) is 17.8 Å². The second-order valence-corrected chi connectivity index (χ2v) is 9.02. The molecule has 2 aromatic carbocycles. The molecule has 0 fully saturated rings. The van der Waals surface area contributed by atoms with Crippen molar-refractivity contribution in [1.29, 1.82) is 0 Å². The zero-order valence-electron chi connectivity index (χ0n) is 18.8. The molecule has 0 bridgehead atoms. The predicted octanol–water partition coefficient (Wildman–Crippen LogP) is 5.50. The lowest BCUT2D eigenvalue weighted by molar-refractivity contribution is -0.117. The Hall–Kier alpha value is -3.51. The highest BCUT2D eigenvalue weighted by molar-refractivity contribution is 6.29. The van der Waals surface area contributed by atoms with Crippen molar-refractivity contribution in [3.05, 3.63) is 88.3 Å². The lowest BCUT2D eigenvalue weighted by Crippen LogP contribution is -2.26. The molecule has 2 aromatic heterocycles. The summed E-state index contributed by atoms with van der Waals surface area (Å²) in [7, 11) is 0. The van der Waals surface area contributed by atoms with Gasteiger partial charge in [-0.05, 0) is 42.2 Å². The molecule has 0 unspecified atom stereocenters. The molecule has 6 nitrogen and oxygen atoms in total. The third kappa shape index (κ3) is 4.02. The molecule has 3 heterocycles. The minimum atomic E-state index is 0.0309. The van der Waals surface area contributed by atoms with E-state index in [0.29, 0.717) is 35.7 Å². The maximum atomic E-state index is 12.8. The normalized spacial score (nSPS) is 13.1. The molecule has 1 aliphatic heterocycles. The van der Waals surface area contributed by atoms with Crippen molar-refractivity contribution in [1.82, 2.24) is 19.7 Å². The molecular weight excluding hydrogens is 434 g/mol. The Bertz CT molecular complexity index is 1340. The molecule has 0 saturated heterocycles. The van der Waals surface area contributed by atoms with E-state index in [2.05, 4.69) is 30.0 Å². The van der Waals surface area contributed by atoms with Crippen molar-refractivity contribution in [3.8, 4) is 17.1 Å². The lowest BCUT2D eigenvalue weighted by Gasteiger charge is -2.18. The molecule has 0 N–H and O–H groups in total. The minimum Gasteiger partial charge on any atom is -0.292 e. The van der Waals surface area contributed by atoms with E-state index >= 15 is 0 Å². The molecule has 0 radical (unpaired) electrons. The van der Waals surface area contributed by atoms with Crippen molar-refractivity contribution in [3.63, 3.8) is 0 Å². The van der Waals surface area contributed by atoms with E-state index in [1.54, 1.807) is 15.8 Å². The zero-order valence-corrected chi connectivity index (χ0v) is 19.5. The van der Waals surface area contributed by atoms with Gasteiger partial charge in [0.25, 0.3) is 0 Å². The van der Waals surface area contributed by atoms with Crippen LogP contribution in [0.5, 0.6) is 0 Å². The number of halogens is 1. The van der Waals surface area contributed by atoms with Gasteiger partial charge in [0.15, 0.2) is 5.82 Å². The standard InChI is InChI=1S/C26H24ClN5O/c1-16(2)21-6-4-5-7-22(21)25-28-14-19-13-24(33)31(26(19)29-25)15-18-8-10-20(11-9-18)32-23(27)12-17(3)30-32/h4-12,14,16H,13,15H2,1-3H3. The SMILES string of the molecule is Cc1cc(Cl)n(-c2ccc(CN3C(=O)Cc4cnc(-c5ccccc5C(C)C)nc43)cc2)n1. The number of hydrogen-bond donors (Lipinski definition) is 0. The molecule has 1 amide bonds. The van der Waals surface area contributed by atoms with Gasteiger partial charge in [-0.15, -0.1) is 0 Å². The number of fused-ring (bicyclic) bond motifs is 1. The van der Waals surface area contributed by atoms with Crippen molar-refractivity contribution >= 4 is 23.3 Å². The summed E-state index contributed by atoms with van der Waals surface area (Å²) in [6, 6.07) is 17.9. The van der Waals surface area contributed by atoms with Crippen molar-refractivity contribution in [2.24, 2.45) is 0 Å². The van der Waals surface area contributed by atoms with Crippen LogP contribution in [-0.4, -0.2) is 25.7 Å². The van der Waals surface area contributed by atoms with E-state index in [1.807, 2.05) is 55.5 Å². The van der Waals surface area contributed by atoms with Gasteiger partial charge in [0.1, 0.15) is 11.0 Å². The number of aromatic nitrogens is 4. The second-order valence-electron chi connectivity index (χ2n) is 8.63. The van der Waals surface area contributed by atoms with E-state index in [4.69, 9.17) is 16.6 Å². The summed E-state index contributed by atoms with van der Waals surface area (Å²) < 4.78 is 1.70. The number of carbonyl (C=O) groups is 1. The van der Waals surface area contributed by atoms with Gasteiger partial charge in [0.05, 0.1) is 24.3 Å². The molecule has 5 rings (SSSR count). The van der Waals surface area contributed by atoms with Gasteiger partial charge in [-0.25, -0.2) is 14.6 Å². The average molecular weight is 458 g/mol. The number of carbonyl (C=O) groups excluding carboxylic acids is 1. The largest absolute Gasteiger partial charge is 0.292 e. The highest BCUT2D eigenvalue weighted by atomic mass is 35.5. The Morgan fingerprint density at radius 1 is 1.09 bits per heavy atom. The molecule has 4 aromatic rings. The van der Waals surface area contributed by atoms with Crippen molar-refractivity contribution in [2.75, 3.05) is 4.90 Å². The lowest BCUT2D eigenvalue weighted by atomic mass is 9.97. The first-order valence-corrected chi connectivity index (χ1v) is 11.4. The fourth-order valence-electron chi connectivity index (χ4n) is 4.20. The smallest absolute Gasteiger partial charge is 0.233 e. The van der Waals surface area contributed by atoms with Gasteiger partial charge in [-0.2, -0.15) is 5.10 Å². The topological polar surface area (TPSA) is 63.9 Å². The molecule has 7 heteroatoms. The Labute approximate surface area is 197 Å². The molecule has 166 valence electrons. The Balaban J connectivity index is 1.44. The highest BCUT2D eigenvalue weighted by Gasteiger charge is 2.30. The van der Waals surface area contributed by atoms with Gasteiger partial charge in [0, 0.05) is 17.3 Å². The molecule has 1 aliphatic rings. The molecule has 0 saturated carbocycles. The average Bonchev–Trinajstić information content (AvgIpc) is 3.31. The Morgan fingerprint density at radius 3 is 2.55 bits per heavy atom. The molecule has 0 spiro atoms. The summed E-state index contributed by atoms with van der Waals surface area (Å²) in [6.45, 7) is 6.66. The van der Waals surface area contributed by atoms with Crippen LogP contribution in [0.15, 0.2) is 60.8 Å². The van der Waals surface area contributed by atoms with Crippen LogP contribution < -0.4 is 4.90 Å². The van der Waals surface area contributed by atoms with Gasteiger partial charge in [-0.1, -0.05) is 61.8 Å². The fraction of sp³-hybridized carbons (Fsp3) is 0.231. The maximum Gasteiger partial charge on any atom is 0.233 e. The van der Waals surface area contributed by atoms with Crippen LogP contribution in [0.2, 0.25) is 5.15 Å². The Morgan fingerprint density at radius 2 is 1.85 bits per heavy atom. The maximum absolute atomic E-state index is 12.8. The van der Waals surface area contributed by atoms with Gasteiger partial charge in [-0.3, -0.25) is 9.69 Å². The van der Waals surface area contributed by atoms with E-state index in [9.17, 15) is 4.79 Å². The first-order valence-electron chi connectivity index (χ1n) is 11.0. The predicted molar refractivity (Wildman–Crippen MR) is 130 cm³/mol. The van der Waals surface area contributed by atoms with Gasteiger partial charge in [0.2, 0.25) is 5.91 Å². The van der Waals surface area contributed by atoms with Crippen molar-refractivity contribution < 1.29 is 4.79 Å². The summed E-state index contributed by atoms with van der Waals surface area (Å²) >= 11 is 6.26. The first-order chi connectivity index (χ1) is 15.9. The van der Waals surface area contributed by atoms with Crippen molar-refractivity contribution in [2.45, 2.75) is 39.7 Å². The summed E-state index contributed by atoms with van der Waals surface area (Å²) in [5, 5.41) is 4.98. The number of hydrogen-bond acceptors (Lipinski definition) is 4. The molecule has 0 atom stereocenters. The number of aryl methyl sites for hydroxylation is 1. The van der Waals surface area contributed by atoms with Gasteiger partial charge < -0.3 is 0 Å². The second kappa shape index (κ2) is 8.45. The Kier molecular flexibility index (Phi) is 5.46. The number of nitrogens with zero attached hydrogens (tertiary/aromatic N) is 5. The molecular formula is C26H24ClN5O. The molecule has 0 aliphatic carbocycles. The van der Waals surface area contributed by atoms with Crippen LogP contribution in [0.3, 0.4) is 0 Å². The summed E-state index contributed by atoms with van der Waals surface area (Å²) in [5.41, 5.74) is 5.79. The van der Waals surface area contributed by atoms with Crippen LogP contribution >= 0.6 is 11.6 Å². The summed E-state index contributed by atoms with van der Waals surface area (Å²) in [5.74, 6) is 1.72. The van der Waals surface area contributed by atoms with E-state index < -0.39 is 0 Å². The third-order valence-corrected chi connectivity index (χ3v) is 6.14. The fourth-order valence-corrected chi connectivity index (χ4v) is 4.50. The minimum absolute atomic E-state index is 0.0309. The highest BCUT2D eigenvalue weighted by Crippen LogP contribution is 2.32. The van der Waals surface area contributed by atoms with E-state index in [1.165, 1.54) is 5.56 Å². The number of rotatable bonds is 5.